The molecule has 1 rings (SSSR count). The second-order valence-corrected chi connectivity index (χ2v) is 7.01. The summed E-state index contributed by atoms with van der Waals surface area (Å²) >= 11 is 0. The van der Waals surface area contributed by atoms with E-state index in [0.717, 1.165) is 18.4 Å². The van der Waals surface area contributed by atoms with Crippen molar-refractivity contribution >= 4 is 10.0 Å². The number of ether oxygens (including phenoxy) is 1. The molecule has 0 saturated heterocycles. The molecule has 0 unspecified atom stereocenters. The van der Waals surface area contributed by atoms with Gasteiger partial charge in [0.25, 0.3) is 0 Å². The number of sulfonamides is 1. The lowest BCUT2D eigenvalue weighted by atomic mass is 10.2. The molecule has 0 fully saturated rings. The third-order valence-corrected chi connectivity index (χ3v) is 4.55. The van der Waals surface area contributed by atoms with Crippen LogP contribution in [0, 0.1) is 0 Å². The molecule has 0 aliphatic rings. The van der Waals surface area contributed by atoms with E-state index in [1.807, 2.05) is 13.0 Å². The maximum Gasteiger partial charge on any atom is 0.244 e. The molecule has 0 amide bonds. The van der Waals surface area contributed by atoms with Crippen LogP contribution in [0.5, 0.6) is 5.75 Å². The van der Waals surface area contributed by atoms with Gasteiger partial charge in [0, 0.05) is 19.1 Å². The number of hydrogen-bond acceptors (Lipinski definition) is 4. The van der Waals surface area contributed by atoms with E-state index in [9.17, 15) is 8.42 Å². The van der Waals surface area contributed by atoms with Gasteiger partial charge in [-0.05, 0) is 24.1 Å². The fraction of sp³-hybridized carbons (Fsp3) is 0.600. The predicted octanol–water partition coefficient (Wildman–Crippen LogP) is 2.27. The van der Waals surface area contributed by atoms with Crippen LogP contribution in [0.15, 0.2) is 23.1 Å². The van der Waals surface area contributed by atoms with E-state index in [-0.39, 0.29) is 4.90 Å². The SMILES string of the molecule is CCCCNS(=O)(=O)c1ccc(CNC(C)C)cc1OC. The highest BCUT2D eigenvalue weighted by molar-refractivity contribution is 7.89. The molecule has 0 radical (unpaired) electrons. The van der Waals surface area contributed by atoms with Crippen LogP contribution in [0.3, 0.4) is 0 Å². The molecule has 0 aliphatic carbocycles. The van der Waals surface area contributed by atoms with Gasteiger partial charge in [-0.15, -0.1) is 0 Å². The molecule has 0 aromatic heterocycles. The van der Waals surface area contributed by atoms with Crippen molar-refractivity contribution in [3.8, 4) is 5.75 Å². The molecular weight excluding hydrogens is 288 g/mol. The molecule has 1 aromatic carbocycles. The van der Waals surface area contributed by atoms with Gasteiger partial charge < -0.3 is 10.1 Å². The first-order valence-electron chi connectivity index (χ1n) is 7.30. The fourth-order valence-electron chi connectivity index (χ4n) is 1.83. The van der Waals surface area contributed by atoms with Gasteiger partial charge in [0.2, 0.25) is 10.0 Å². The number of unbranched alkanes of at least 4 members (excludes halogenated alkanes) is 1. The van der Waals surface area contributed by atoms with Crippen LogP contribution in [0.1, 0.15) is 39.2 Å². The normalized spacial score (nSPS) is 11.9. The monoisotopic (exact) mass is 314 g/mol. The molecule has 1 aromatic rings. The third kappa shape index (κ3) is 5.65. The summed E-state index contributed by atoms with van der Waals surface area (Å²) in [7, 11) is -2.03. The number of hydrogen-bond donors (Lipinski definition) is 2. The lowest BCUT2D eigenvalue weighted by molar-refractivity contribution is 0.401. The zero-order valence-electron chi connectivity index (χ0n) is 13.3. The first-order chi connectivity index (χ1) is 9.90. The van der Waals surface area contributed by atoms with Gasteiger partial charge in [-0.3, -0.25) is 0 Å². The Kier molecular flexibility index (Phi) is 7.14. The molecule has 0 saturated carbocycles. The minimum Gasteiger partial charge on any atom is -0.495 e. The summed E-state index contributed by atoms with van der Waals surface area (Å²) in [4.78, 5) is 0.189. The highest BCUT2D eigenvalue weighted by atomic mass is 32.2. The van der Waals surface area contributed by atoms with Crippen molar-refractivity contribution in [2.45, 2.75) is 51.1 Å². The van der Waals surface area contributed by atoms with Crippen molar-refractivity contribution in [2.75, 3.05) is 13.7 Å². The van der Waals surface area contributed by atoms with Crippen molar-refractivity contribution < 1.29 is 13.2 Å². The Hall–Kier alpha value is -1.11. The maximum absolute atomic E-state index is 12.3. The maximum atomic E-state index is 12.3. The summed E-state index contributed by atoms with van der Waals surface area (Å²) in [5.41, 5.74) is 0.994. The molecule has 2 N–H and O–H groups in total. The van der Waals surface area contributed by atoms with Gasteiger partial charge in [-0.2, -0.15) is 0 Å². The topological polar surface area (TPSA) is 67.4 Å². The van der Waals surface area contributed by atoms with E-state index in [4.69, 9.17) is 4.74 Å². The van der Waals surface area contributed by atoms with Gasteiger partial charge in [-0.25, -0.2) is 13.1 Å². The highest BCUT2D eigenvalue weighted by Gasteiger charge is 2.19. The van der Waals surface area contributed by atoms with E-state index in [1.165, 1.54) is 7.11 Å². The summed E-state index contributed by atoms with van der Waals surface area (Å²) < 4.78 is 32.4. The van der Waals surface area contributed by atoms with E-state index >= 15 is 0 Å². The molecule has 0 spiro atoms. The summed E-state index contributed by atoms with van der Waals surface area (Å²) in [6.45, 7) is 7.27. The molecule has 0 bridgehead atoms. The Labute approximate surface area is 128 Å². The van der Waals surface area contributed by atoms with Crippen LogP contribution in [0.4, 0.5) is 0 Å². The number of methoxy groups -OCH3 is 1. The first-order valence-corrected chi connectivity index (χ1v) is 8.79. The molecular formula is C15H26N2O3S. The lowest BCUT2D eigenvalue weighted by Crippen LogP contribution is -2.25. The largest absolute Gasteiger partial charge is 0.495 e. The second kappa shape index (κ2) is 8.36. The van der Waals surface area contributed by atoms with E-state index in [2.05, 4.69) is 23.9 Å². The Bertz CT molecular complexity index is 542. The second-order valence-electron chi connectivity index (χ2n) is 5.27. The standard InChI is InChI=1S/C15H26N2O3S/c1-5-6-9-17-21(18,19)15-8-7-13(10-14(15)20-4)11-16-12(2)3/h7-8,10,12,16-17H,5-6,9,11H2,1-4H3. The summed E-state index contributed by atoms with van der Waals surface area (Å²) in [6, 6.07) is 5.55. The molecule has 21 heavy (non-hydrogen) atoms. The number of rotatable bonds is 9. The van der Waals surface area contributed by atoms with E-state index in [0.29, 0.717) is 24.9 Å². The molecule has 5 nitrogen and oxygen atoms in total. The number of nitrogens with one attached hydrogen (secondary N) is 2. The first kappa shape index (κ1) is 17.9. The summed E-state index contributed by atoms with van der Waals surface area (Å²) in [6.07, 6.45) is 1.76. The van der Waals surface area contributed by atoms with Crippen molar-refractivity contribution in [3.05, 3.63) is 23.8 Å². The minimum absolute atomic E-state index is 0.189. The van der Waals surface area contributed by atoms with Crippen LogP contribution in [-0.4, -0.2) is 28.1 Å². The van der Waals surface area contributed by atoms with E-state index in [1.54, 1.807) is 12.1 Å². The smallest absolute Gasteiger partial charge is 0.244 e. The third-order valence-electron chi connectivity index (χ3n) is 3.05. The highest BCUT2D eigenvalue weighted by Crippen LogP contribution is 2.25. The fourth-order valence-corrected chi connectivity index (χ4v) is 3.05. The van der Waals surface area contributed by atoms with Gasteiger partial charge >= 0.3 is 0 Å². The van der Waals surface area contributed by atoms with Crippen molar-refractivity contribution in [1.82, 2.24) is 10.0 Å². The lowest BCUT2D eigenvalue weighted by Gasteiger charge is -2.13. The van der Waals surface area contributed by atoms with Gasteiger partial charge in [0.1, 0.15) is 10.6 Å². The molecule has 0 atom stereocenters. The zero-order valence-corrected chi connectivity index (χ0v) is 14.1. The molecule has 0 aliphatic heterocycles. The molecule has 120 valence electrons. The van der Waals surface area contributed by atoms with Gasteiger partial charge in [0.05, 0.1) is 7.11 Å². The van der Waals surface area contributed by atoms with Gasteiger partial charge in [-0.1, -0.05) is 33.3 Å². The quantitative estimate of drug-likeness (QED) is 0.686. The van der Waals surface area contributed by atoms with Crippen LogP contribution in [0.2, 0.25) is 0 Å². The Morgan fingerprint density at radius 3 is 2.57 bits per heavy atom. The summed E-state index contributed by atoms with van der Waals surface area (Å²) in [5, 5.41) is 3.29. The van der Waals surface area contributed by atoms with Crippen LogP contribution < -0.4 is 14.8 Å². The van der Waals surface area contributed by atoms with Crippen LogP contribution in [-0.2, 0) is 16.6 Å². The predicted molar refractivity (Wildman–Crippen MR) is 85.1 cm³/mol. The minimum atomic E-state index is -3.52. The zero-order chi connectivity index (χ0) is 15.9. The average Bonchev–Trinajstić information content (AvgIpc) is 2.44. The van der Waals surface area contributed by atoms with Crippen molar-refractivity contribution in [3.63, 3.8) is 0 Å². The van der Waals surface area contributed by atoms with Crippen molar-refractivity contribution in [2.24, 2.45) is 0 Å². The Morgan fingerprint density at radius 1 is 1.29 bits per heavy atom. The van der Waals surface area contributed by atoms with Crippen molar-refractivity contribution in [1.29, 1.82) is 0 Å². The van der Waals surface area contributed by atoms with E-state index < -0.39 is 10.0 Å². The Morgan fingerprint density at radius 2 is 2.00 bits per heavy atom. The van der Waals surface area contributed by atoms with Crippen LogP contribution >= 0.6 is 0 Å². The number of benzene rings is 1. The molecule has 6 heteroatoms. The summed E-state index contributed by atoms with van der Waals surface area (Å²) in [5.74, 6) is 0.377. The Balaban J connectivity index is 2.92. The van der Waals surface area contributed by atoms with Gasteiger partial charge in [0.15, 0.2) is 0 Å². The molecule has 0 heterocycles. The van der Waals surface area contributed by atoms with Crippen LogP contribution in [0.25, 0.3) is 0 Å². The average molecular weight is 314 g/mol.